The fourth-order valence-electron chi connectivity index (χ4n) is 2.21. The highest BCUT2D eigenvalue weighted by atomic mass is 35.5. The van der Waals surface area contributed by atoms with Gasteiger partial charge in [-0.05, 0) is 24.3 Å². The van der Waals surface area contributed by atoms with Crippen LogP contribution in [0.25, 0.3) is 0 Å². The Balaban J connectivity index is 2.05. The third kappa shape index (κ3) is 3.73. The maximum absolute atomic E-state index is 12.7. The number of imidazole rings is 1. The van der Waals surface area contributed by atoms with Crippen molar-refractivity contribution in [2.45, 2.75) is 11.4 Å². The number of nitrogens with zero attached hydrogens (tertiary/aromatic N) is 2. The number of anilines is 1. The molecule has 0 aliphatic carbocycles. The average molecular weight is 381 g/mol. The highest BCUT2D eigenvalue weighted by Gasteiger charge is 2.21. The minimum absolute atomic E-state index is 0.0815. The zero-order valence-electron chi connectivity index (χ0n) is 12.7. The number of sulfonamides is 1. The summed E-state index contributed by atoms with van der Waals surface area (Å²) in [7, 11) is -4.09. The third-order valence-electron chi connectivity index (χ3n) is 3.38. The van der Waals surface area contributed by atoms with Crippen molar-refractivity contribution in [1.82, 2.24) is 9.55 Å². The Morgan fingerprint density at radius 1 is 1.40 bits per heavy atom. The van der Waals surface area contributed by atoms with Gasteiger partial charge in [0.15, 0.2) is 0 Å². The summed E-state index contributed by atoms with van der Waals surface area (Å²) >= 11 is 6.02. The van der Waals surface area contributed by atoms with Gasteiger partial charge in [0.05, 0.1) is 23.4 Å². The molecule has 2 aromatic heterocycles. The molecule has 0 radical (unpaired) electrons. The standard InChI is InChI=1S/C15H13ClN4O4S/c16-12-7-13(19-8-10-2-1-5-24-10)11(6-14(12)25(17,22)23)15(21)20-4-3-18-9-20/h1-7,9,19H,8H2,(H2,17,22,23). The Hall–Kier alpha value is -2.62. The van der Waals surface area contributed by atoms with Gasteiger partial charge in [-0.25, -0.2) is 18.5 Å². The monoisotopic (exact) mass is 380 g/mol. The molecule has 0 bridgehead atoms. The first-order chi connectivity index (χ1) is 11.9. The minimum Gasteiger partial charge on any atom is -0.467 e. The van der Waals surface area contributed by atoms with E-state index in [-0.39, 0.29) is 22.0 Å². The Labute approximate surface area is 148 Å². The molecule has 0 spiro atoms. The van der Waals surface area contributed by atoms with Gasteiger partial charge in [-0.2, -0.15) is 0 Å². The summed E-state index contributed by atoms with van der Waals surface area (Å²) in [6, 6.07) is 5.97. The van der Waals surface area contributed by atoms with Crippen LogP contribution in [-0.4, -0.2) is 23.9 Å². The normalized spacial score (nSPS) is 11.4. The molecule has 2 heterocycles. The predicted octanol–water partition coefficient (Wildman–Crippen LogP) is 2.08. The van der Waals surface area contributed by atoms with Crippen molar-refractivity contribution < 1.29 is 17.6 Å². The van der Waals surface area contributed by atoms with Crippen LogP contribution < -0.4 is 10.5 Å². The maximum Gasteiger partial charge on any atom is 0.265 e. The van der Waals surface area contributed by atoms with Crippen molar-refractivity contribution >= 4 is 33.2 Å². The lowest BCUT2D eigenvalue weighted by Crippen LogP contribution is -2.17. The zero-order valence-corrected chi connectivity index (χ0v) is 14.3. The first-order valence-electron chi connectivity index (χ1n) is 7.01. The molecular formula is C15H13ClN4O4S. The number of halogens is 1. The van der Waals surface area contributed by atoms with E-state index >= 15 is 0 Å². The van der Waals surface area contributed by atoms with Crippen LogP contribution in [0.2, 0.25) is 5.02 Å². The van der Waals surface area contributed by atoms with Crippen LogP contribution in [0.4, 0.5) is 5.69 Å². The van der Waals surface area contributed by atoms with Crippen molar-refractivity contribution in [2.24, 2.45) is 5.14 Å². The highest BCUT2D eigenvalue weighted by molar-refractivity contribution is 7.89. The van der Waals surface area contributed by atoms with Gasteiger partial charge in [0.2, 0.25) is 10.0 Å². The summed E-state index contributed by atoms with van der Waals surface area (Å²) in [5.74, 6) is 0.147. The molecule has 3 rings (SSSR count). The van der Waals surface area contributed by atoms with Gasteiger partial charge in [0, 0.05) is 18.1 Å². The maximum atomic E-state index is 12.7. The van der Waals surface area contributed by atoms with E-state index in [1.54, 1.807) is 12.1 Å². The lowest BCUT2D eigenvalue weighted by Gasteiger charge is -2.13. The molecule has 0 fully saturated rings. The van der Waals surface area contributed by atoms with Crippen LogP contribution in [0.5, 0.6) is 0 Å². The minimum atomic E-state index is -4.09. The van der Waals surface area contributed by atoms with E-state index in [1.165, 1.54) is 35.6 Å². The average Bonchev–Trinajstić information content (AvgIpc) is 3.24. The first-order valence-corrected chi connectivity index (χ1v) is 8.94. The van der Waals surface area contributed by atoms with Gasteiger partial charge < -0.3 is 9.73 Å². The molecule has 25 heavy (non-hydrogen) atoms. The van der Waals surface area contributed by atoms with E-state index in [2.05, 4.69) is 10.3 Å². The molecule has 10 heteroatoms. The molecule has 8 nitrogen and oxygen atoms in total. The largest absolute Gasteiger partial charge is 0.467 e. The molecule has 3 aromatic rings. The SMILES string of the molecule is NS(=O)(=O)c1cc(C(=O)n2ccnc2)c(NCc2ccco2)cc1Cl. The molecule has 0 atom stereocenters. The van der Waals surface area contributed by atoms with Crippen LogP contribution in [0.3, 0.4) is 0 Å². The Kier molecular flexibility index (Phi) is 4.62. The Morgan fingerprint density at radius 2 is 2.20 bits per heavy atom. The molecule has 3 N–H and O–H groups in total. The number of nitrogens with one attached hydrogen (secondary N) is 1. The van der Waals surface area contributed by atoms with Crippen molar-refractivity contribution in [3.63, 3.8) is 0 Å². The quantitative estimate of drug-likeness (QED) is 0.699. The fourth-order valence-corrected chi connectivity index (χ4v) is 3.31. The number of nitrogens with two attached hydrogens (primary N) is 1. The fraction of sp³-hybridized carbons (Fsp3) is 0.0667. The molecule has 0 unspecified atom stereocenters. The molecule has 0 saturated heterocycles. The van der Waals surface area contributed by atoms with Gasteiger partial charge in [0.1, 0.15) is 17.0 Å². The topological polar surface area (TPSA) is 120 Å². The van der Waals surface area contributed by atoms with E-state index < -0.39 is 15.9 Å². The molecule has 0 aliphatic heterocycles. The number of aromatic nitrogens is 2. The first kappa shape index (κ1) is 17.2. The highest BCUT2D eigenvalue weighted by Crippen LogP contribution is 2.29. The number of hydrogen-bond donors (Lipinski definition) is 2. The summed E-state index contributed by atoms with van der Waals surface area (Å²) in [6.07, 6.45) is 5.71. The van der Waals surface area contributed by atoms with Gasteiger partial charge in [-0.15, -0.1) is 0 Å². The second-order valence-electron chi connectivity index (χ2n) is 5.08. The molecule has 0 amide bonds. The van der Waals surface area contributed by atoms with Crippen molar-refractivity contribution in [1.29, 1.82) is 0 Å². The van der Waals surface area contributed by atoms with Gasteiger partial charge in [-0.1, -0.05) is 11.6 Å². The zero-order chi connectivity index (χ0) is 18.0. The predicted molar refractivity (Wildman–Crippen MR) is 90.8 cm³/mol. The van der Waals surface area contributed by atoms with Crippen molar-refractivity contribution in [3.05, 3.63) is 65.6 Å². The number of carbonyl (C=O) groups excluding carboxylic acids is 1. The smallest absolute Gasteiger partial charge is 0.265 e. The van der Waals surface area contributed by atoms with Crippen molar-refractivity contribution in [2.75, 3.05) is 5.32 Å². The third-order valence-corrected chi connectivity index (χ3v) is 4.76. The van der Waals surface area contributed by atoms with E-state index in [1.807, 2.05) is 0 Å². The van der Waals surface area contributed by atoms with E-state index in [0.717, 1.165) is 6.07 Å². The van der Waals surface area contributed by atoms with Crippen LogP contribution in [0.1, 0.15) is 16.1 Å². The second kappa shape index (κ2) is 6.71. The number of rotatable bonds is 5. The lowest BCUT2D eigenvalue weighted by atomic mass is 10.1. The van der Waals surface area contributed by atoms with Crippen LogP contribution >= 0.6 is 11.6 Å². The summed E-state index contributed by atoms with van der Waals surface area (Å²) in [4.78, 5) is 16.1. The summed E-state index contributed by atoms with van der Waals surface area (Å²) in [5, 5.41) is 8.09. The van der Waals surface area contributed by atoms with Gasteiger partial charge >= 0.3 is 0 Å². The number of benzene rings is 1. The van der Waals surface area contributed by atoms with Crippen LogP contribution in [0.15, 0.2) is 58.6 Å². The molecule has 0 aliphatic rings. The Morgan fingerprint density at radius 3 is 2.80 bits per heavy atom. The summed E-state index contributed by atoms with van der Waals surface area (Å²) < 4.78 is 29.8. The molecule has 0 saturated carbocycles. The second-order valence-corrected chi connectivity index (χ2v) is 7.02. The van der Waals surface area contributed by atoms with Crippen molar-refractivity contribution in [3.8, 4) is 0 Å². The van der Waals surface area contributed by atoms with E-state index in [0.29, 0.717) is 11.4 Å². The molecule has 1 aromatic carbocycles. The summed E-state index contributed by atoms with van der Waals surface area (Å²) in [6.45, 7) is 0.280. The lowest BCUT2D eigenvalue weighted by molar-refractivity contribution is 0.0960. The number of carbonyl (C=O) groups is 1. The van der Waals surface area contributed by atoms with Gasteiger partial charge in [0.25, 0.3) is 5.91 Å². The summed E-state index contributed by atoms with van der Waals surface area (Å²) in [5.41, 5.74) is 0.422. The number of primary sulfonamides is 1. The van der Waals surface area contributed by atoms with E-state index in [9.17, 15) is 13.2 Å². The molecular weight excluding hydrogens is 368 g/mol. The Bertz CT molecular complexity index is 999. The molecule has 130 valence electrons. The van der Waals surface area contributed by atoms with Crippen LogP contribution in [-0.2, 0) is 16.6 Å². The van der Waals surface area contributed by atoms with Crippen LogP contribution in [0, 0.1) is 0 Å². The number of furan rings is 1. The number of hydrogen-bond acceptors (Lipinski definition) is 6. The van der Waals surface area contributed by atoms with Gasteiger partial charge in [-0.3, -0.25) is 9.36 Å². The van der Waals surface area contributed by atoms with E-state index in [4.69, 9.17) is 21.2 Å².